The number of halogens is 1. The molecule has 82 valence electrons. The van der Waals surface area contributed by atoms with Gasteiger partial charge in [-0.2, -0.15) is 0 Å². The van der Waals surface area contributed by atoms with Crippen LogP contribution in [-0.4, -0.2) is 31.0 Å². The van der Waals surface area contributed by atoms with E-state index in [9.17, 15) is 4.79 Å². The van der Waals surface area contributed by atoms with Crippen molar-refractivity contribution in [2.75, 3.05) is 13.0 Å². The van der Waals surface area contributed by atoms with Crippen LogP contribution >= 0.6 is 11.6 Å². The van der Waals surface area contributed by atoms with Crippen LogP contribution in [0.4, 0.5) is 0 Å². The number of hydrogen-bond acceptors (Lipinski definition) is 2. The SMILES string of the molecule is COC1CC(NC(=O)CCCl)C1(C)C. The lowest BCUT2D eigenvalue weighted by Crippen LogP contribution is -2.61. The molecule has 1 N–H and O–H groups in total. The number of amides is 1. The van der Waals surface area contributed by atoms with Crippen molar-refractivity contribution in [3.63, 3.8) is 0 Å². The first kappa shape index (κ1) is 11.8. The van der Waals surface area contributed by atoms with Crippen molar-refractivity contribution in [2.45, 2.75) is 38.8 Å². The molecule has 3 nitrogen and oxygen atoms in total. The molecule has 0 aromatic rings. The van der Waals surface area contributed by atoms with Crippen LogP contribution in [-0.2, 0) is 9.53 Å². The topological polar surface area (TPSA) is 38.3 Å². The average molecular weight is 220 g/mol. The Morgan fingerprint density at radius 3 is 2.71 bits per heavy atom. The fourth-order valence-electron chi connectivity index (χ4n) is 1.88. The second-order valence-electron chi connectivity index (χ2n) is 4.34. The molecule has 0 aromatic carbocycles. The van der Waals surface area contributed by atoms with E-state index in [1.54, 1.807) is 7.11 Å². The van der Waals surface area contributed by atoms with Crippen LogP contribution in [0.1, 0.15) is 26.7 Å². The molecule has 4 heteroatoms. The van der Waals surface area contributed by atoms with Crippen LogP contribution in [0.25, 0.3) is 0 Å². The van der Waals surface area contributed by atoms with E-state index in [-0.39, 0.29) is 23.5 Å². The molecule has 1 fully saturated rings. The summed E-state index contributed by atoms with van der Waals surface area (Å²) in [7, 11) is 1.71. The highest BCUT2D eigenvalue weighted by atomic mass is 35.5. The van der Waals surface area contributed by atoms with Gasteiger partial charge in [0.1, 0.15) is 0 Å². The minimum atomic E-state index is 0.0348. The Balaban J connectivity index is 2.39. The molecule has 1 rings (SSSR count). The summed E-state index contributed by atoms with van der Waals surface area (Å²) in [4.78, 5) is 11.3. The zero-order valence-electron chi connectivity index (χ0n) is 8.97. The van der Waals surface area contributed by atoms with Crippen molar-refractivity contribution >= 4 is 17.5 Å². The zero-order valence-corrected chi connectivity index (χ0v) is 9.73. The molecule has 0 aromatic heterocycles. The van der Waals surface area contributed by atoms with E-state index >= 15 is 0 Å². The minimum absolute atomic E-state index is 0.0348. The fraction of sp³-hybridized carbons (Fsp3) is 0.900. The van der Waals surface area contributed by atoms with E-state index < -0.39 is 0 Å². The second-order valence-corrected chi connectivity index (χ2v) is 4.72. The van der Waals surface area contributed by atoms with Crippen molar-refractivity contribution in [3.8, 4) is 0 Å². The first-order valence-electron chi connectivity index (χ1n) is 4.90. The van der Waals surface area contributed by atoms with Gasteiger partial charge in [0.2, 0.25) is 5.91 Å². The lowest BCUT2D eigenvalue weighted by atomic mass is 9.64. The number of methoxy groups -OCH3 is 1. The Morgan fingerprint density at radius 1 is 1.64 bits per heavy atom. The van der Waals surface area contributed by atoms with Gasteiger partial charge in [0.15, 0.2) is 0 Å². The first-order chi connectivity index (χ1) is 6.52. The fourth-order valence-corrected chi connectivity index (χ4v) is 2.05. The molecule has 1 aliphatic carbocycles. The van der Waals surface area contributed by atoms with Gasteiger partial charge < -0.3 is 10.1 Å². The predicted molar refractivity (Wildman–Crippen MR) is 56.5 cm³/mol. The maximum absolute atomic E-state index is 11.3. The van der Waals surface area contributed by atoms with E-state index in [0.29, 0.717) is 12.3 Å². The number of carbonyl (C=O) groups excluding carboxylic acids is 1. The number of hydrogen-bond donors (Lipinski definition) is 1. The first-order valence-corrected chi connectivity index (χ1v) is 5.44. The molecule has 0 radical (unpaired) electrons. The summed E-state index contributed by atoms with van der Waals surface area (Å²) >= 11 is 5.48. The molecule has 1 aliphatic rings. The predicted octanol–water partition coefficient (Wildman–Crippen LogP) is 1.54. The standard InChI is InChI=1S/C10H18ClNO2/c1-10(2)7(6-8(10)14-3)12-9(13)4-5-11/h7-8H,4-6H2,1-3H3,(H,12,13). The lowest BCUT2D eigenvalue weighted by molar-refractivity contribution is -0.132. The van der Waals surface area contributed by atoms with Gasteiger partial charge in [0.25, 0.3) is 0 Å². The van der Waals surface area contributed by atoms with Crippen molar-refractivity contribution in [1.29, 1.82) is 0 Å². The molecular formula is C10H18ClNO2. The Bertz CT molecular complexity index is 218. The number of carbonyl (C=O) groups is 1. The number of rotatable bonds is 4. The van der Waals surface area contributed by atoms with Crippen molar-refractivity contribution < 1.29 is 9.53 Å². The number of alkyl halides is 1. The summed E-state index contributed by atoms with van der Waals surface area (Å²) in [6, 6.07) is 0.225. The third-order valence-corrected chi connectivity index (χ3v) is 3.31. The van der Waals surface area contributed by atoms with Gasteiger partial charge in [-0.25, -0.2) is 0 Å². The highest BCUT2D eigenvalue weighted by Crippen LogP contribution is 2.42. The van der Waals surface area contributed by atoms with Gasteiger partial charge in [-0.3, -0.25) is 4.79 Å². The van der Waals surface area contributed by atoms with Crippen molar-refractivity contribution in [1.82, 2.24) is 5.32 Å². The Labute approximate surface area is 90.1 Å². The second kappa shape index (κ2) is 4.49. The van der Waals surface area contributed by atoms with Crippen LogP contribution in [0.2, 0.25) is 0 Å². The van der Waals surface area contributed by atoms with E-state index in [4.69, 9.17) is 16.3 Å². The van der Waals surface area contributed by atoms with Crippen LogP contribution in [0.15, 0.2) is 0 Å². The smallest absolute Gasteiger partial charge is 0.221 e. The maximum atomic E-state index is 11.3. The molecule has 14 heavy (non-hydrogen) atoms. The summed E-state index contributed by atoms with van der Waals surface area (Å²) in [5, 5.41) is 2.97. The Morgan fingerprint density at radius 2 is 2.29 bits per heavy atom. The minimum Gasteiger partial charge on any atom is -0.381 e. The monoisotopic (exact) mass is 219 g/mol. The van der Waals surface area contributed by atoms with Gasteiger partial charge in [0, 0.05) is 30.9 Å². The van der Waals surface area contributed by atoms with Gasteiger partial charge in [-0.1, -0.05) is 13.8 Å². The zero-order chi connectivity index (χ0) is 10.8. The summed E-state index contributed by atoms with van der Waals surface area (Å²) in [5.74, 6) is 0.416. The molecular weight excluding hydrogens is 202 g/mol. The van der Waals surface area contributed by atoms with E-state index in [1.165, 1.54) is 0 Å². The van der Waals surface area contributed by atoms with E-state index in [0.717, 1.165) is 6.42 Å². The van der Waals surface area contributed by atoms with Crippen LogP contribution in [0, 0.1) is 5.41 Å². The summed E-state index contributed by atoms with van der Waals surface area (Å²) in [6.45, 7) is 4.21. The number of nitrogens with one attached hydrogen (secondary N) is 1. The maximum Gasteiger partial charge on any atom is 0.221 e. The summed E-state index contributed by atoms with van der Waals surface area (Å²) in [6.07, 6.45) is 1.55. The normalized spacial score (nSPS) is 29.4. The van der Waals surface area contributed by atoms with E-state index in [2.05, 4.69) is 19.2 Å². The third-order valence-electron chi connectivity index (χ3n) is 3.12. The third kappa shape index (κ3) is 2.20. The highest BCUT2D eigenvalue weighted by molar-refractivity contribution is 6.18. The molecule has 0 bridgehead atoms. The Kier molecular flexibility index (Phi) is 3.78. The van der Waals surface area contributed by atoms with Crippen LogP contribution in [0.5, 0.6) is 0 Å². The molecule has 1 amide bonds. The van der Waals surface area contributed by atoms with Crippen LogP contribution < -0.4 is 5.32 Å². The van der Waals surface area contributed by atoms with Gasteiger partial charge in [0.05, 0.1) is 6.10 Å². The highest BCUT2D eigenvalue weighted by Gasteiger charge is 2.49. The van der Waals surface area contributed by atoms with Crippen molar-refractivity contribution in [2.24, 2.45) is 5.41 Å². The molecule has 0 saturated heterocycles. The summed E-state index contributed by atoms with van der Waals surface area (Å²) < 4.78 is 5.30. The molecule has 0 spiro atoms. The van der Waals surface area contributed by atoms with Gasteiger partial charge in [-0.05, 0) is 6.42 Å². The Hall–Kier alpha value is -0.280. The molecule has 2 atom stereocenters. The molecule has 2 unspecified atom stereocenters. The number of ether oxygens (including phenoxy) is 1. The van der Waals surface area contributed by atoms with Gasteiger partial charge >= 0.3 is 0 Å². The molecule has 1 saturated carbocycles. The average Bonchev–Trinajstić information content (AvgIpc) is 2.12. The quantitative estimate of drug-likeness (QED) is 0.729. The van der Waals surface area contributed by atoms with E-state index in [1.807, 2.05) is 0 Å². The summed E-state index contributed by atoms with van der Waals surface area (Å²) in [5.41, 5.74) is 0.0384. The lowest BCUT2D eigenvalue weighted by Gasteiger charge is -2.51. The molecule has 0 heterocycles. The molecule has 0 aliphatic heterocycles. The van der Waals surface area contributed by atoms with Crippen molar-refractivity contribution in [3.05, 3.63) is 0 Å². The van der Waals surface area contributed by atoms with Crippen LogP contribution in [0.3, 0.4) is 0 Å². The largest absolute Gasteiger partial charge is 0.381 e. The van der Waals surface area contributed by atoms with Gasteiger partial charge in [-0.15, -0.1) is 11.6 Å².